The van der Waals surface area contributed by atoms with Crippen molar-refractivity contribution in [2.24, 2.45) is 4.99 Å². The van der Waals surface area contributed by atoms with Gasteiger partial charge in [0.05, 0.1) is 6.54 Å². The molecule has 0 amide bonds. The third kappa shape index (κ3) is 7.79. The molecular formula is C18H30FIN4. The molecule has 0 aliphatic carbocycles. The summed E-state index contributed by atoms with van der Waals surface area (Å²) in [5.74, 6) is 0.558. The predicted octanol–water partition coefficient (Wildman–Crippen LogP) is 3.37. The normalized spacial score (nSPS) is 16.2. The van der Waals surface area contributed by atoms with Crippen LogP contribution in [0.4, 0.5) is 4.39 Å². The fraction of sp³-hybridized carbons (Fsp3) is 0.611. The van der Waals surface area contributed by atoms with Crippen molar-refractivity contribution < 1.29 is 4.39 Å². The Labute approximate surface area is 162 Å². The van der Waals surface area contributed by atoms with Gasteiger partial charge in [0.2, 0.25) is 0 Å². The van der Waals surface area contributed by atoms with E-state index in [-0.39, 0.29) is 29.8 Å². The van der Waals surface area contributed by atoms with Gasteiger partial charge in [-0.3, -0.25) is 0 Å². The quantitative estimate of drug-likeness (QED) is 0.398. The van der Waals surface area contributed by atoms with Gasteiger partial charge in [-0.25, -0.2) is 9.38 Å². The van der Waals surface area contributed by atoms with Crippen molar-refractivity contribution in [3.05, 3.63) is 35.6 Å². The number of hydrogen-bond acceptors (Lipinski definition) is 2. The largest absolute Gasteiger partial charge is 0.357 e. The molecule has 0 saturated carbocycles. The van der Waals surface area contributed by atoms with Crippen LogP contribution in [0.15, 0.2) is 29.3 Å². The van der Waals surface area contributed by atoms with Gasteiger partial charge in [0, 0.05) is 25.2 Å². The van der Waals surface area contributed by atoms with Crippen LogP contribution in [0.1, 0.15) is 38.2 Å². The van der Waals surface area contributed by atoms with E-state index in [1.54, 1.807) is 12.1 Å². The van der Waals surface area contributed by atoms with Gasteiger partial charge < -0.3 is 15.5 Å². The molecular weight excluding hydrogens is 418 g/mol. The van der Waals surface area contributed by atoms with Crippen LogP contribution in [0.3, 0.4) is 0 Å². The second kappa shape index (κ2) is 12.5. The van der Waals surface area contributed by atoms with Crippen molar-refractivity contribution in [3.8, 4) is 0 Å². The Morgan fingerprint density at radius 3 is 2.50 bits per heavy atom. The van der Waals surface area contributed by atoms with Crippen LogP contribution in [0.25, 0.3) is 0 Å². The van der Waals surface area contributed by atoms with E-state index in [9.17, 15) is 4.39 Å². The average Bonchev–Trinajstić information content (AvgIpc) is 2.83. The van der Waals surface area contributed by atoms with Crippen molar-refractivity contribution in [2.75, 3.05) is 32.7 Å². The van der Waals surface area contributed by atoms with E-state index in [1.807, 2.05) is 13.0 Å². The van der Waals surface area contributed by atoms with Gasteiger partial charge in [-0.05, 0) is 38.9 Å². The molecule has 136 valence electrons. The molecule has 24 heavy (non-hydrogen) atoms. The number of likely N-dealkylation sites (tertiary alicyclic amines) is 1. The Kier molecular flexibility index (Phi) is 11.0. The number of nitrogens with zero attached hydrogens (tertiary/aromatic N) is 2. The van der Waals surface area contributed by atoms with Gasteiger partial charge in [-0.1, -0.05) is 31.0 Å². The van der Waals surface area contributed by atoms with Crippen LogP contribution in [0, 0.1) is 5.82 Å². The monoisotopic (exact) mass is 448 g/mol. The number of aliphatic imine (C=N–C) groups is 1. The Hall–Kier alpha value is -0.890. The number of halogens is 2. The molecule has 0 radical (unpaired) electrons. The fourth-order valence-electron chi connectivity index (χ4n) is 2.82. The predicted molar refractivity (Wildman–Crippen MR) is 110 cm³/mol. The topological polar surface area (TPSA) is 39.7 Å². The number of rotatable bonds is 6. The summed E-state index contributed by atoms with van der Waals surface area (Å²) in [7, 11) is 0. The lowest BCUT2D eigenvalue weighted by Gasteiger charge is -2.20. The first-order valence-corrected chi connectivity index (χ1v) is 8.77. The SMILES string of the molecule is CCNC(=NCc1ccccc1F)NCCN1CCCCCC1.I. The van der Waals surface area contributed by atoms with E-state index in [2.05, 4.69) is 20.5 Å². The highest BCUT2D eigenvalue weighted by Crippen LogP contribution is 2.09. The van der Waals surface area contributed by atoms with Crippen LogP contribution in [-0.2, 0) is 6.54 Å². The van der Waals surface area contributed by atoms with E-state index >= 15 is 0 Å². The number of benzene rings is 1. The molecule has 1 aliphatic heterocycles. The maximum Gasteiger partial charge on any atom is 0.191 e. The second-order valence-corrected chi connectivity index (χ2v) is 5.97. The molecule has 1 saturated heterocycles. The van der Waals surface area contributed by atoms with E-state index in [0.29, 0.717) is 12.1 Å². The highest BCUT2D eigenvalue weighted by atomic mass is 127. The summed E-state index contributed by atoms with van der Waals surface area (Å²) in [5, 5.41) is 6.57. The summed E-state index contributed by atoms with van der Waals surface area (Å²) >= 11 is 0. The zero-order chi connectivity index (χ0) is 16.3. The van der Waals surface area contributed by atoms with Gasteiger partial charge in [-0.15, -0.1) is 24.0 Å². The zero-order valence-corrected chi connectivity index (χ0v) is 16.9. The Morgan fingerprint density at radius 1 is 1.12 bits per heavy atom. The van der Waals surface area contributed by atoms with Crippen LogP contribution in [0.2, 0.25) is 0 Å². The molecule has 0 unspecified atom stereocenters. The average molecular weight is 448 g/mol. The summed E-state index contributed by atoms with van der Waals surface area (Å²) in [6.45, 7) is 7.48. The highest BCUT2D eigenvalue weighted by molar-refractivity contribution is 14.0. The smallest absolute Gasteiger partial charge is 0.191 e. The molecule has 2 N–H and O–H groups in total. The number of hydrogen-bond donors (Lipinski definition) is 2. The molecule has 4 nitrogen and oxygen atoms in total. The molecule has 1 aromatic carbocycles. The van der Waals surface area contributed by atoms with Crippen molar-refractivity contribution >= 4 is 29.9 Å². The Balaban J connectivity index is 0.00000288. The van der Waals surface area contributed by atoms with E-state index in [1.165, 1.54) is 44.8 Å². The minimum atomic E-state index is -0.198. The van der Waals surface area contributed by atoms with Crippen molar-refractivity contribution in [1.82, 2.24) is 15.5 Å². The van der Waals surface area contributed by atoms with Gasteiger partial charge in [0.1, 0.15) is 5.82 Å². The van der Waals surface area contributed by atoms with E-state index in [4.69, 9.17) is 0 Å². The third-order valence-corrected chi connectivity index (χ3v) is 4.13. The number of nitrogens with one attached hydrogen (secondary N) is 2. The standard InChI is InChI=1S/C18H29FN4.HI/c1-2-20-18(22-15-16-9-5-6-10-17(16)19)21-11-14-23-12-7-3-4-8-13-23;/h5-6,9-10H,2-4,7-8,11-15H2,1H3,(H2,20,21,22);1H. The fourth-order valence-corrected chi connectivity index (χ4v) is 2.82. The van der Waals surface area contributed by atoms with Crippen molar-refractivity contribution in [3.63, 3.8) is 0 Å². The summed E-state index contributed by atoms with van der Waals surface area (Å²) in [6.07, 6.45) is 5.33. The summed E-state index contributed by atoms with van der Waals surface area (Å²) in [5.41, 5.74) is 0.622. The van der Waals surface area contributed by atoms with Crippen LogP contribution < -0.4 is 10.6 Å². The lowest BCUT2D eigenvalue weighted by atomic mass is 10.2. The Morgan fingerprint density at radius 2 is 1.83 bits per heavy atom. The summed E-state index contributed by atoms with van der Waals surface area (Å²) < 4.78 is 13.6. The van der Waals surface area contributed by atoms with Gasteiger partial charge in [0.25, 0.3) is 0 Å². The molecule has 6 heteroatoms. The first-order valence-electron chi connectivity index (χ1n) is 8.77. The van der Waals surface area contributed by atoms with Gasteiger partial charge in [0.15, 0.2) is 5.96 Å². The second-order valence-electron chi connectivity index (χ2n) is 5.97. The van der Waals surface area contributed by atoms with Gasteiger partial charge >= 0.3 is 0 Å². The molecule has 1 fully saturated rings. The molecule has 0 bridgehead atoms. The van der Waals surface area contributed by atoms with Gasteiger partial charge in [-0.2, -0.15) is 0 Å². The zero-order valence-electron chi connectivity index (χ0n) is 14.6. The first-order chi connectivity index (χ1) is 11.3. The minimum Gasteiger partial charge on any atom is -0.357 e. The van der Waals surface area contributed by atoms with Crippen molar-refractivity contribution in [1.29, 1.82) is 0 Å². The van der Waals surface area contributed by atoms with Crippen LogP contribution in [-0.4, -0.2) is 43.6 Å². The summed E-state index contributed by atoms with van der Waals surface area (Å²) in [6, 6.07) is 6.80. The molecule has 0 atom stereocenters. The maximum atomic E-state index is 13.6. The molecule has 0 spiro atoms. The summed E-state index contributed by atoms with van der Waals surface area (Å²) in [4.78, 5) is 7.00. The molecule has 1 aromatic rings. The lowest BCUT2D eigenvalue weighted by Crippen LogP contribution is -2.41. The maximum absolute atomic E-state index is 13.6. The lowest BCUT2D eigenvalue weighted by molar-refractivity contribution is 0.289. The van der Waals surface area contributed by atoms with E-state index in [0.717, 1.165) is 25.6 Å². The van der Waals surface area contributed by atoms with Crippen LogP contribution in [0.5, 0.6) is 0 Å². The molecule has 1 aliphatic rings. The van der Waals surface area contributed by atoms with Crippen LogP contribution >= 0.6 is 24.0 Å². The first kappa shape index (κ1) is 21.2. The molecule has 1 heterocycles. The number of guanidine groups is 1. The molecule has 2 rings (SSSR count). The van der Waals surface area contributed by atoms with Crippen molar-refractivity contribution in [2.45, 2.75) is 39.2 Å². The van der Waals surface area contributed by atoms with E-state index < -0.39 is 0 Å². The Bertz CT molecular complexity index is 488. The molecule has 0 aromatic heterocycles. The highest BCUT2D eigenvalue weighted by Gasteiger charge is 2.08. The third-order valence-electron chi connectivity index (χ3n) is 4.13. The minimum absolute atomic E-state index is 0.